The van der Waals surface area contributed by atoms with Crippen LogP contribution in [0.25, 0.3) is 22.0 Å². The number of nitrogens with zero attached hydrogens (tertiary/aromatic N) is 1. The molecule has 4 rings (SSSR count). The number of ether oxygens (including phenoxy) is 1. The summed E-state index contributed by atoms with van der Waals surface area (Å²) in [6, 6.07) is 8.87. The molecule has 0 radical (unpaired) electrons. The first kappa shape index (κ1) is 20.3. The number of benzene rings is 2. The van der Waals surface area contributed by atoms with Crippen molar-refractivity contribution in [1.29, 1.82) is 0 Å². The number of rotatable bonds is 5. The van der Waals surface area contributed by atoms with Crippen LogP contribution < -0.4 is 15.4 Å². The van der Waals surface area contributed by atoms with Crippen molar-refractivity contribution >= 4 is 22.4 Å². The van der Waals surface area contributed by atoms with Crippen LogP contribution in [0.15, 0.2) is 30.3 Å². The number of halogens is 3. The molecule has 3 aromatic rings. The van der Waals surface area contributed by atoms with Gasteiger partial charge in [-0.3, -0.25) is 0 Å². The highest BCUT2D eigenvalue weighted by Crippen LogP contribution is 2.45. The normalized spacial score (nSPS) is 13.3. The molecule has 0 atom stereocenters. The lowest BCUT2D eigenvalue weighted by Crippen LogP contribution is -2.18. The molecular formula is C22H22F3N3O2. The summed E-state index contributed by atoms with van der Waals surface area (Å²) < 4.78 is 43.5. The van der Waals surface area contributed by atoms with Crippen LogP contribution in [-0.4, -0.2) is 36.1 Å². The average molecular weight is 417 g/mol. The fourth-order valence-corrected chi connectivity index (χ4v) is 3.93. The summed E-state index contributed by atoms with van der Waals surface area (Å²) in [5, 5.41) is 16.1. The van der Waals surface area contributed by atoms with Gasteiger partial charge in [-0.15, -0.1) is 13.2 Å². The monoisotopic (exact) mass is 417 g/mol. The van der Waals surface area contributed by atoms with E-state index in [1.165, 1.54) is 6.07 Å². The van der Waals surface area contributed by atoms with Gasteiger partial charge in [-0.05, 0) is 54.7 Å². The summed E-state index contributed by atoms with van der Waals surface area (Å²) in [7, 11) is 0. The van der Waals surface area contributed by atoms with Crippen LogP contribution in [0.5, 0.6) is 5.75 Å². The fourth-order valence-electron chi connectivity index (χ4n) is 3.93. The molecule has 2 heterocycles. The summed E-state index contributed by atoms with van der Waals surface area (Å²) in [4.78, 5) is 4.52. The molecule has 0 aliphatic carbocycles. The maximum atomic E-state index is 13.1. The molecule has 1 aliphatic rings. The maximum Gasteiger partial charge on any atom is 0.573 e. The first-order chi connectivity index (χ1) is 14.3. The highest BCUT2D eigenvalue weighted by atomic mass is 19.4. The third kappa shape index (κ3) is 3.63. The number of aliphatic hydroxyl groups excluding tert-OH is 1. The number of aryl methyl sites for hydroxylation is 1. The first-order valence-corrected chi connectivity index (χ1v) is 9.70. The van der Waals surface area contributed by atoms with E-state index in [1.54, 1.807) is 6.07 Å². The number of anilines is 2. The van der Waals surface area contributed by atoms with Crippen LogP contribution in [0, 0.1) is 13.8 Å². The number of aromatic nitrogens is 1. The molecule has 2 aromatic carbocycles. The second-order valence-corrected chi connectivity index (χ2v) is 7.27. The predicted octanol–water partition coefficient (Wildman–Crippen LogP) is 4.79. The van der Waals surface area contributed by atoms with Crippen LogP contribution in [0.4, 0.5) is 24.7 Å². The van der Waals surface area contributed by atoms with E-state index in [2.05, 4.69) is 20.4 Å². The molecule has 1 aromatic heterocycles. The van der Waals surface area contributed by atoms with Crippen molar-refractivity contribution in [3.63, 3.8) is 0 Å². The minimum Gasteiger partial charge on any atom is -0.403 e. The third-order valence-corrected chi connectivity index (χ3v) is 5.40. The average Bonchev–Trinajstić information content (AvgIpc) is 3.18. The summed E-state index contributed by atoms with van der Waals surface area (Å²) in [6.07, 6.45) is -4.15. The van der Waals surface area contributed by atoms with Crippen LogP contribution in [-0.2, 0) is 6.42 Å². The maximum absolute atomic E-state index is 13.1. The van der Waals surface area contributed by atoms with Crippen LogP contribution in [0.2, 0.25) is 0 Å². The fraction of sp³-hybridized carbons (Fsp3) is 0.318. The number of aliphatic hydroxyl groups is 1. The van der Waals surface area contributed by atoms with Gasteiger partial charge >= 0.3 is 6.36 Å². The van der Waals surface area contributed by atoms with Crippen molar-refractivity contribution < 1.29 is 23.0 Å². The molecule has 0 saturated heterocycles. The lowest BCUT2D eigenvalue weighted by atomic mass is 9.92. The molecule has 0 fully saturated rings. The van der Waals surface area contributed by atoms with E-state index in [1.807, 2.05) is 32.0 Å². The SMILES string of the molecule is Cc1cccc(-c2ccc(OC(F)(F)F)c3nc(NCCO)c4c(c23)NCC4)c1C. The quantitative estimate of drug-likeness (QED) is 0.557. The minimum absolute atomic E-state index is 0.115. The number of alkyl halides is 3. The molecule has 0 bridgehead atoms. The van der Waals surface area contributed by atoms with Crippen molar-refractivity contribution in [2.75, 3.05) is 30.3 Å². The molecular weight excluding hydrogens is 395 g/mol. The molecule has 8 heteroatoms. The minimum atomic E-state index is -4.83. The summed E-state index contributed by atoms with van der Waals surface area (Å²) in [6.45, 7) is 4.78. The van der Waals surface area contributed by atoms with Crippen molar-refractivity contribution in [2.24, 2.45) is 0 Å². The van der Waals surface area contributed by atoms with Gasteiger partial charge < -0.3 is 20.5 Å². The van der Waals surface area contributed by atoms with E-state index in [0.717, 1.165) is 33.5 Å². The second kappa shape index (κ2) is 7.68. The van der Waals surface area contributed by atoms with E-state index >= 15 is 0 Å². The van der Waals surface area contributed by atoms with Gasteiger partial charge in [0.2, 0.25) is 0 Å². The summed E-state index contributed by atoms with van der Waals surface area (Å²) in [5.74, 6) is 0.108. The van der Waals surface area contributed by atoms with E-state index in [4.69, 9.17) is 5.11 Å². The molecule has 0 spiro atoms. The van der Waals surface area contributed by atoms with E-state index in [-0.39, 0.29) is 24.4 Å². The van der Waals surface area contributed by atoms with E-state index in [9.17, 15) is 13.2 Å². The summed E-state index contributed by atoms with van der Waals surface area (Å²) in [5.41, 5.74) is 5.66. The van der Waals surface area contributed by atoms with Gasteiger partial charge in [-0.25, -0.2) is 4.98 Å². The zero-order valence-electron chi connectivity index (χ0n) is 16.7. The van der Waals surface area contributed by atoms with Crippen molar-refractivity contribution in [2.45, 2.75) is 26.6 Å². The molecule has 3 N–H and O–H groups in total. The number of pyridine rings is 1. The Morgan fingerprint density at radius 3 is 2.70 bits per heavy atom. The van der Waals surface area contributed by atoms with Crippen molar-refractivity contribution in [3.8, 4) is 16.9 Å². The Kier molecular flexibility index (Phi) is 5.19. The van der Waals surface area contributed by atoms with Crippen LogP contribution >= 0.6 is 0 Å². The highest BCUT2D eigenvalue weighted by molar-refractivity contribution is 6.09. The topological polar surface area (TPSA) is 66.4 Å². The third-order valence-electron chi connectivity index (χ3n) is 5.40. The Balaban J connectivity index is 2.04. The van der Waals surface area contributed by atoms with Gasteiger partial charge in [0.25, 0.3) is 0 Å². The number of nitrogens with one attached hydrogen (secondary N) is 2. The zero-order valence-corrected chi connectivity index (χ0v) is 16.7. The smallest absolute Gasteiger partial charge is 0.403 e. The van der Waals surface area contributed by atoms with Crippen molar-refractivity contribution in [3.05, 3.63) is 47.0 Å². The molecule has 158 valence electrons. The van der Waals surface area contributed by atoms with Gasteiger partial charge in [0.15, 0.2) is 5.75 Å². The zero-order chi connectivity index (χ0) is 21.5. The number of fused-ring (bicyclic) bond motifs is 3. The lowest BCUT2D eigenvalue weighted by Gasteiger charge is -2.19. The van der Waals surface area contributed by atoms with Gasteiger partial charge in [-0.2, -0.15) is 0 Å². The first-order valence-electron chi connectivity index (χ1n) is 9.70. The Hall–Kier alpha value is -3.00. The van der Waals surface area contributed by atoms with Crippen molar-refractivity contribution in [1.82, 2.24) is 4.98 Å². The number of hydrogen-bond donors (Lipinski definition) is 3. The van der Waals surface area contributed by atoms with Gasteiger partial charge in [0.1, 0.15) is 11.3 Å². The summed E-state index contributed by atoms with van der Waals surface area (Å²) >= 11 is 0. The number of hydrogen-bond acceptors (Lipinski definition) is 5. The highest BCUT2D eigenvalue weighted by Gasteiger charge is 2.33. The predicted molar refractivity (Wildman–Crippen MR) is 111 cm³/mol. The molecule has 30 heavy (non-hydrogen) atoms. The Labute approximate surface area is 171 Å². The molecule has 0 unspecified atom stereocenters. The van der Waals surface area contributed by atoms with E-state index in [0.29, 0.717) is 24.2 Å². The van der Waals surface area contributed by atoms with E-state index < -0.39 is 6.36 Å². The molecule has 0 saturated carbocycles. The largest absolute Gasteiger partial charge is 0.573 e. The molecule has 1 aliphatic heterocycles. The standard InChI is InChI=1S/C22H22F3N3O2/c1-12-4-3-5-14(13(12)2)15-6-7-17(30-22(23,24)25)20-18(15)19-16(8-9-26-19)21(28-20)27-10-11-29/h3-7,26,29H,8-11H2,1-2H3,(H,27,28). The molecule has 5 nitrogen and oxygen atoms in total. The van der Waals surface area contributed by atoms with Gasteiger partial charge in [-0.1, -0.05) is 18.2 Å². The lowest BCUT2D eigenvalue weighted by molar-refractivity contribution is -0.274. The Morgan fingerprint density at radius 1 is 1.17 bits per heavy atom. The Morgan fingerprint density at radius 2 is 1.97 bits per heavy atom. The second-order valence-electron chi connectivity index (χ2n) is 7.27. The van der Waals surface area contributed by atoms with Gasteiger partial charge in [0.05, 0.1) is 12.3 Å². The van der Waals surface area contributed by atoms with Crippen LogP contribution in [0.3, 0.4) is 0 Å². The van der Waals surface area contributed by atoms with Gasteiger partial charge in [0, 0.05) is 24.0 Å². The van der Waals surface area contributed by atoms with Crippen LogP contribution in [0.1, 0.15) is 16.7 Å². The Bertz CT molecular complexity index is 1110. The molecule has 0 amide bonds.